The van der Waals surface area contributed by atoms with Gasteiger partial charge < -0.3 is 5.11 Å². The van der Waals surface area contributed by atoms with Gasteiger partial charge in [0.1, 0.15) is 0 Å². The quantitative estimate of drug-likeness (QED) is 0.904. The molecular formula is C16H21NO2. The van der Waals surface area contributed by atoms with E-state index in [-0.39, 0.29) is 5.92 Å². The lowest BCUT2D eigenvalue weighted by atomic mass is 9.95. The van der Waals surface area contributed by atoms with Crippen molar-refractivity contribution in [1.29, 1.82) is 0 Å². The molecule has 2 fully saturated rings. The zero-order valence-electron chi connectivity index (χ0n) is 11.2. The first-order valence-corrected chi connectivity index (χ1v) is 7.26. The summed E-state index contributed by atoms with van der Waals surface area (Å²) in [6, 6.07) is 8.95. The Hall–Kier alpha value is -1.35. The molecule has 3 rings (SSSR count). The summed E-state index contributed by atoms with van der Waals surface area (Å²) in [4.78, 5) is 12.9. The average Bonchev–Trinajstić information content (AvgIpc) is 2.87. The van der Waals surface area contributed by atoms with Crippen LogP contribution in [0.1, 0.15) is 42.7 Å². The largest absolute Gasteiger partial charge is 0.481 e. The van der Waals surface area contributed by atoms with Crippen LogP contribution in [0, 0.1) is 5.92 Å². The Morgan fingerprint density at radius 1 is 1.16 bits per heavy atom. The van der Waals surface area contributed by atoms with Crippen molar-refractivity contribution in [3.8, 4) is 0 Å². The van der Waals surface area contributed by atoms with Crippen LogP contribution in [0.2, 0.25) is 0 Å². The lowest BCUT2D eigenvalue weighted by Crippen LogP contribution is -2.49. The van der Waals surface area contributed by atoms with Gasteiger partial charge in [-0.3, -0.25) is 9.69 Å². The summed E-state index contributed by atoms with van der Waals surface area (Å²) in [6.07, 6.45) is 5.42. The van der Waals surface area contributed by atoms with Crippen LogP contribution < -0.4 is 0 Å². The maximum absolute atomic E-state index is 10.7. The SMILES string of the molecule is O=C(O)C1CN(Cc2ccc(C3CCCC3)cc2)C1. The second-order valence-corrected chi connectivity index (χ2v) is 5.95. The van der Waals surface area contributed by atoms with Crippen molar-refractivity contribution < 1.29 is 9.90 Å². The molecule has 0 amide bonds. The molecule has 1 aliphatic carbocycles. The summed E-state index contributed by atoms with van der Waals surface area (Å²) in [6.45, 7) is 2.27. The van der Waals surface area contributed by atoms with Crippen LogP contribution in [-0.4, -0.2) is 29.1 Å². The van der Waals surface area contributed by atoms with Gasteiger partial charge in [0.25, 0.3) is 0 Å². The zero-order valence-corrected chi connectivity index (χ0v) is 11.2. The highest BCUT2D eigenvalue weighted by molar-refractivity contribution is 5.71. The van der Waals surface area contributed by atoms with Gasteiger partial charge in [0.05, 0.1) is 5.92 Å². The second kappa shape index (κ2) is 5.33. The van der Waals surface area contributed by atoms with E-state index in [1.54, 1.807) is 0 Å². The van der Waals surface area contributed by atoms with Gasteiger partial charge in [-0.1, -0.05) is 37.1 Å². The molecule has 2 aliphatic rings. The zero-order chi connectivity index (χ0) is 13.2. The van der Waals surface area contributed by atoms with Crippen molar-refractivity contribution in [2.45, 2.75) is 38.1 Å². The number of hydrogen-bond donors (Lipinski definition) is 1. The summed E-state index contributed by atoms with van der Waals surface area (Å²) in [5.41, 5.74) is 2.78. The first-order valence-electron chi connectivity index (χ1n) is 7.26. The number of carbonyl (C=O) groups is 1. The molecule has 1 aromatic carbocycles. The van der Waals surface area contributed by atoms with Crippen molar-refractivity contribution >= 4 is 5.97 Å². The number of carboxylic acids is 1. The summed E-state index contributed by atoms with van der Waals surface area (Å²) in [5, 5.41) is 8.85. The van der Waals surface area contributed by atoms with Gasteiger partial charge in [0.15, 0.2) is 0 Å². The molecule has 0 atom stereocenters. The highest BCUT2D eigenvalue weighted by atomic mass is 16.4. The summed E-state index contributed by atoms with van der Waals surface area (Å²) in [5.74, 6) is -0.0416. The Labute approximate surface area is 114 Å². The van der Waals surface area contributed by atoms with Crippen LogP contribution in [0.25, 0.3) is 0 Å². The fourth-order valence-electron chi connectivity index (χ4n) is 3.27. The van der Waals surface area contributed by atoms with Crippen molar-refractivity contribution in [2.75, 3.05) is 13.1 Å². The smallest absolute Gasteiger partial charge is 0.309 e. The van der Waals surface area contributed by atoms with E-state index in [9.17, 15) is 4.79 Å². The minimum absolute atomic E-state index is 0.155. The molecule has 0 unspecified atom stereocenters. The highest BCUT2D eigenvalue weighted by Gasteiger charge is 2.32. The minimum atomic E-state index is -0.659. The van der Waals surface area contributed by atoms with Crippen molar-refractivity contribution in [3.63, 3.8) is 0 Å². The maximum Gasteiger partial charge on any atom is 0.309 e. The van der Waals surface area contributed by atoms with Crippen LogP contribution in [-0.2, 0) is 11.3 Å². The van der Waals surface area contributed by atoms with E-state index in [0.717, 1.165) is 12.5 Å². The van der Waals surface area contributed by atoms with Crippen molar-refractivity contribution in [3.05, 3.63) is 35.4 Å². The Kier molecular flexibility index (Phi) is 3.56. The molecule has 19 heavy (non-hydrogen) atoms. The van der Waals surface area contributed by atoms with Gasteiger partial charge in [0.2, 0.25) is 0 Å². The third-order valence-corrected chi connectivity index (χ3v) is 4.52. The summed E-state index contributed by atoms with van der Waals surface area (Å²) in [7, 11) is 0. The molecule has 1 aliphatic heterocycles. The van der Waals surface area contributed by atoms with E-state index in [1.165, 1.54) is 36.8 Å². The molecule has 3 nitrogen and oxygen atoms in total. The van der Waals surface area contributed by atoms with Gasteiger partial charge in [-0.2, -0.15) is 0 Å². The van der Waals surface area contributed by atoms with Gasteiger partial charge in [0, 0.05) is 19.6 Å². The standard InChI is InChI=1S/C16H21NO2/c18-16(19)15-10-17(11-15)9-12-5-7-14(8-6-12)13-3-1-2-4-13/h5-8,13,15H,1-4,9-11H2,(H,18,19). The molecule has 0 radical (unpaired) electrons. The molecule has 0 bridgehead atoms. The van der Waals surface area contributed by atoms with E-state index < -0.39 is 5.97 Å². The molecule has 0 aromatic heterocycles. The van der Waals surface area contributed by atoms with E-state index in [2.05, 4.69) is 29.2 Å². The number of rotatable bonds is 4. The fourth-order valence-corrected chi connectivity index (χ4v) is 3.27. The first-order chi connectivity index (χ1) is 9.22. The van der Waals surface area contributed by atoms with Gasteiger partial charge in [-0.25, -0.2) is 0 Å². The molecular weight excluding hydrogens is 238 g/mol. The van der Waals surface area contributed by atoms with Crippen LogP contribution in [0.15, 0.2) is 24.3 Å². The number of aliphatic carboxylic acids is 1. The fraction of sp³-hybridized carbons (Fsp3) is 0.562. The normalized spacial score (nSPS) is 21.5. The number of nitrogens with zero attached hydrogens (tertiary/aromatic N) is 1. The molecule has 3 heteroatoms. The van der Waals surface area contributed by atoms with Crippen LogP contribution in [0.5, 0.6) is 0 Å². The molecule has 1 N–H and O–H groups in total. The third kappa shape index (κ3) is 2.81. The molecule has 1 saturated heterocycles. The lowest BCUT2D eigenvalue weighted by Gasteiger charge is -2.36. The molecule has 1 aromatic rings. The Bertz CT molecular complexity index is 442. The van der Waals surface area contributed by atoms with Crippen molar-refractivity contribution in [2.24, 2.45) is 5.92 Å². The molecule has 102 valence electrons. The van der Waals surface area contributed by atoms with E-state index in [4.69, 9.17) is 5.11 Å². The van der Waals surface area contributed by atoms with Crippen LogP contribution in [0.4, 0.5) is 0 Å². The number of carboxylic acid groups (broad SMARTS) is 1. The predicted molar refractivity (Wildman–Crippen MR) is 74.1 cm³/mol. The molecule has 1 saturated carbocycles. The van der Waals surface area contributed by atoms with Crippen molar-refractivity contribution in [1.82, 2.24) is 4.90 Å². The monoisotopic (exact) mass is 259 g/mol. The summed E-state index contributed by atoms with van der Waals surface area (Å²) >= 11 is 0. The molecule has 0 spiro atoms. The van der Waals surface area contributed by atoms with Gasteiger partial charge in [-0.15, -0.1) is 0 Å². The van der Waals surface area contributed by atoms with E-state index >= 15 is 0 Å². The molecule has 1 heterocycles. The Balaban J connectivity index is 1.53. The highest BCUT2D eigenvalue weighted by Crippen LogP contribution is 2.34. The maximum atomic E-state index is 10.7. The second-order valence-electron chi connectivity index (χ2n) is 5.95. The van der Waals surface area contributed by atoms with Crippen LogP contribution >= 0.6 is 0 Å². The number of hydrogen-bond acceptors (Lipinski definition) is 2. The van der Waals surface area contributed by atoms with Gasteiger partial charge in [-0.05, 0) is 29.9 Å². The van der Waals surface area contributed by atoms with Gasteiger partial charge >= 0.3 is 5.97 Å². The Morgan fingerprint density at radius 2 is 1.79 bits per heavy atom. The van der Waals surface area contributed by atoms with E-state index in [1.807, 2.05) is 0 Å². The number of benzene rings is 1. The topological polar surface area (TPSA) is 40.5 Å². The number of likely N-dealkylation sites (tertiary alicyclic amines) is 1. The predicted octanol–water partition coefficient (Wildman–Crippen LogP) is 2.86. The Morgan fingerprint density at radius 3 is 2.37 bits per heavy atom. The lowest BCUT2D eigenvalue weighted by molar-refractivity contribution is -0.147. The third-order valence-electron chi connectivity index (χ3n) is 4.52. The average molecular weight is 259 g/mol. The van der Waals surface area contributed by atoms with Crippen LogP contribution in [0.3, 0.4) is 0 Å². The summed E-state index contributed by atoms with van der Waals surface area (Å²) < 4.78 is 0. The minimum Gasteiger partial charge on any atom is -0.481 e. The first kappa shape index (κ1) is 12.7. The van der Waals surface area contributed by atoms with E-state index in [0.29, 0.717) is 13.1 Å².